The number of rotatable bonds is 7. The fourth-order valence-corrected chi connectivity index (χ4v) is 3.62. The molecule has 3 aromatic rings. The monoisotopic (exact) mass is 397 g/mol. The molecule has 0 radical (unpaired) electrons. The molecular weight excluding hydrogens is 374 g/mol. The number of hydrogen-bond donors (Lipinski definition) is 1. The zero-order chi connectivity index (χ0) is 20.1. The van der Waals surface area contributed by atoms with Gasteiger partial charge < -0.3 is 9.64 Å². The number of hydrogen-bond acceptors (Lipinski definition) is 5. The van der Waals surface area contributed by atoms with E-state index in [1.807, 2.05) is 62.2 Å². The van der Waals surface area contributed by atoms with E-state index < -0.39 is 10.0 Å². The van der Waals surface area contributed by atoms with Gasteiger partial charge in [0, 0.05) is 12.7 Å². The minimum atomic E-state index is -3.73. The van der Waals surface area contributed by atoms with Crippen molar-refractivity contribution in [2.75, 3.05) is 16.7 Å². The minimum Gasteiger partial charge on any atom is -0.491 e. The van der Waals surface area contributed by atoms with Gasteiger partial charge in [-0.05, 0) is 62.4 Å². The molecule has 146 valence electrons. The number of para-hydroxylation sites is 1. The Morgan fingerprint density at radius 3 is 2.18 bits per heavy atom. The van der Waals surface area contributed by atoms with Crippen molar-refractivity contribution in [2.45, 2.75) is 24.8 Å². The summed E-state index contributed by atoms with van der Waals surface area (Å²) >= 11 is 0. The van der Waals surface area contributed by atoms with Crippen LogP contribution >= 0.6 is 0 Å². The van der Waals surface area contributed by atoms with Gasteiger partial charge in [-0.2, -0.15) is 0 Å². The highest BCUT2D eigenvalue weighted by Crippen LogP contribution is 2.24. The lowest BCUT2D eigenvalue weighted by Gasteiger charge is -2.19. The number of anilines is 3. The molecule has 28 heavy (non-hydrogen) atoms. The molecule has 0 aliphatic heterocycles. The Labute approximate surface area is 165 Å². The summed E-state index contributed by atoms with van der Waals surface area (Å²) in [5, 5.41) is 0. The van der Waals surface area contributed by atoms with Crippen LogP contribution in [0.25, 0.3) is 0 Å². The van der Waals surface area contributed by atoms with Gasteiger partial charge in [-0.3, -0.25) is 4.72 Å². The van der Waals surface area contributed by atoms with Gasteiger partial charge in [-0.15, -0.1) is 0 Å². The lowest BCUT2D eigenvalue weighted by Crippen LogP contribution is -2.15. The second kappa shape index (κ2) is 8.31. The third kappa shape index (κ3) is 4.80. The van der Waals surface area contributed by atoms with Crippen molar-refractivity contribution in [2.24, 2.45) is 0 Å². The summed E-state index contributed by atoms with van der Waals surface area (Å²) in [5.41, 5.74) is 1.87. The summed E-state index contributed by atoms with van der Waals surface area (Å²) in [6.07, 6.45) is 1.65. The molecule has 2 aromatic carbocycles. The summed E-state index contributed by atoms with van der Waals surface area (Å²) < 4.78 is 33.2. The van der Waals surface area contributed by atoms with Crippen LogP contribution in [0.4, 0.5) is 17.2 Å². The highest BCUT2D eigenvalue weighted by Gasteiger charge is 2.15. The van der Waals surface area contributed by atoms with Crippen LogP contribution in [0, 0.1) is 0 Å². The van der Waals surface area contributed by atoms with Crippen molar-refractivity contribution in [3.63, 3.8) is 0 Å². The van der Waals surface area contributed by atoms with Gasteiger partial charge in [0.05, 0.1) is 22.9 Å². The molecule has 0 fully saturated rings. The number of ether oxygens (including phenoxy) is 1. The molecule has 3 rings (SSSR count). The fourth-order valence-electron chi connectivity index (χ4n) is 2.61. The second-order valence-electron chi connectivity index (χ2n) is 6.54. The molecule has 0 atom stereocenters. The second-order valence-corrected chi connectivity index (χ2v) is 8.22. The maximum Gasteiger partial charge on any atom is 0.263 e. The topological polar surface area (TPSA) is 71.5 Å². The van der Waals surface area contributed by atoms with E-state index in [2.05, 4.69) is 9.71 Å². The zero-order valence-electron chi connectivity index (χ0n) is 16.0. The first-order valence-electron chi connectivity index (χ1n) is 8.89. The molecule has 0 saturated carbocycles. The van der Waals surface area contributed by atoms with Gasteiger partial charge in [-0.1, -0.05) is 18.2 Å². The third-order valence-corrected chi connectivity index (χ3v) is 5.39. The predicted molar refractivity (Wildman–Crippen MR) is 112 cm³/mol. The SMILES string of the molecule is CC(C)Oc1ccc(S(=O)(=O)Nc2ccc(N(C)c3ccccc3)cn2)cc1. The molecular formula is C21H23N3O3S. The van der Waals surface area contributed by atoms with E-state index in [0.717, 1.165) is 11.4 Å². The van der Waals surface area contributed by atoms with Crippen LogP contribution < -0.4 is 14.4 Å². The minimum absolute atomic E-state index is 0.0253. The van der Waals surface area contributed by atoms with E-state index in [1.54, 1.807) is 24.4 Å². The number of pyridine rings is 1. The van der Waals surface area contributed by atoms with Gasteiger partial charge in [-0.25, -0.2) is 13.4 Å². The van der Waals surface area contributed by atoms with Gasteiger partial charge in [0.1, 0.15) is 11.6 Å². The fraction of sp³-hybridized carbons (Fsp3) is 0.190. The van der Waals surface area contributed by atoms with E-state index in [4.69, 9.17) is 4.74 Å². The van der Waals surface area contributed by atoms with Crippen molar-refractivity contribution in [3.05, 3.63) is 72.9 Å². The zero-order valence-corrected chi connectivity index (χ0v) is 16.8. The Kier molecular flexibility index (Phi) is 5.84. The number of aromatic nitrogens is 1. The Morgan fingerprint density at radius 2 is 1.61 bits per heavy atom. The lowest BCUT2D eigenvalue weighted by atomic mass is 10.3. The molecule has 0 aliphatic rings. The van der Waals surface area contributed by atoms with E-state index >= 15 is 0 Å². The first-order chi connectivity index (χ1) is 13.3. The molecule has 1 N–H and O–H groups in total. The number of benzene rings is 2. The van der Waals surface area contributed by atoms with Gasteiger partial charge in [0.15, 0.2) is 0 Å². The van der Waals surface area contributed by atoms with Crippen LogP contribution in [-0.4, -0.2) is 26.6 Å². The summed E-state index contributed by atoms with van der Waals surface area (Å²) in [7, 11) is -1.80. The van der Waals surface area contributed by atoms with Crippen LogP contribution in [0.1, 0.15) is 13.8 Å². The van der Waals surface area contributed by atoms with Gasteiger partial charge in [0.2, 0.25) is 0 Å². The molecule has 7 heteroatoms. The van der Waals surface area contributed by atoms with Gasteiger partial charge in [0.25, 0.3) is 10.0 Å². The summed E-state index contributed by atoms with van der Waals surface area (Å²) in [5.74, 6) is 0.882. The van der Waals surface area contributed by atoms with E-state index in [-0.39, 0.29) is 16.8 Å². The summed E-state index contributed by atoms with van der Waals surface area (Å²) in [4.78, 5) is 6.36. The average molecular weight is 398 g/mol. The molecule has 0 aliphatic carbocycles. The normalized spacial score (nSPS) is 11.3. The first kappa shape index (κ1) is 19.7. The van der Waals surface area contributed by atoms with Crippen LogP contribution in [-0.2, 0) is 10.0 Å². The van der Waals surface area contributed by atoms with E-state index in [1.165, 1.54) is 12.1 Å². The van der Waals surface area contributed by atoms with Crippen LogP contribution in [0.15, 0.2) is 77.8 Å². The van der Waals surface area contributed by atoms with Crippen LogP contribution in [0.3, 0.4) is 0 Å². The van der Waals surface area contributed by atoms with E-state index in [0.29, 0.717) is 5.75 Å². The maximum absolute atomic E-state index is 12.6. The smallest absolute Gasteiger partial charge is 0.263 e. The standard InChI is InChI=1S/C21H23N3O3S/c1-16(2)27-19-10-12-20(13-11-19)28(25,26)23-21-14-9-18(15-22-21)24(3)17-7-5-4-6-8-17/h4-16H,1-3H3,(H,22,23). The summed E-state index contributed by atoms with van der Waals surface area (Å²) in [6.45, 7) is 3.83. The average Bonchev–Trinajstić information content (AvgIpc) is 2.68. The van der Waals surface area contributed by atoms with Crippen molar-refractivity contribution in [1.82, 2.24) is 4.98 Å². The molecule has 0 unspecified atom stereocenters. The Balaban J connectivity index is 1.72. The molecule has 6 nitrogen and oxygen atoms in total. The molecule has 0 spiro atoms. The van der Waals surface area contributed by atoms with Crippen LogP contribution in [0.5, 0.6) is 5.75 Å². The molecule has 1 heterocycles. The van der Waals surface area contributed by atoms with Gasteiger partial charge >= 0.3 is 0 Å². The highest BCUT2D eigenvalue weighted by atomic mass is 32.2. The van der Waals surface area contributed by atoms with Crippen molar-refractivity contribution < 1.29 is 13.2 Å². The maximum atomic E-state index is 12.6. The first-order valence-corrected chi connectivity index (χ1v) is 10.4. The number of sulfonamides is 1. The quantitative estimate of drug-likeness (QED) is 0.638. The molecule has 1 aromatic heterocycles. The predicted octanol–water partition coefficient (Wildman–Crippen LogP) is 4.44. The largest absolute Gasteiger partial charge is 0.491 e. The van der Waals surface area contributed by atoms with Crippen molar-refractivity contribution in [1.29, 1.82) is 0 Å². The Hall–Kier alpha value is -3.06. The third-order valence-electron chi connectivity index (χ3n) is 4.02. The molecule has 0 saturated heterocycles. The van der Waals surface area contributed by atoms with Crippen molar-refractivity contribution in [3.8, 4) is 5.75 Å². The van der Waals surface area contributed by atoms with E-state index in [9.17, 15) is 8.42 Å². The summed E-state index contributed by atoms with van der Waals surface area (Å²) in [6, 6.07) is 19.6. The Bertz CT molecular complexity index is 1000. The molecule has 0 amide bonds. The highest BCUT2D eigenvalue weighted by molar-refractivity contribution is 7.92. The molecule has 0 bridgehead atoms. The lowest BCUT2D eigenvalue weighted by molar-refractivity contribution is 0.242. The Morgan fingerprint density at radius 1 is 0.929 bits per heavy atom. The van der Waals surface area contributed by atoms with Crippen LogP contribution in [0.2, 0.25) is 0 Å². The van der Waals surface area contributed by atoms with Crippen molar-refractivity contribution >= 4 is 27.2 Å². The number of nitrogens with one attached hydrogen (secondary N) is 1. The number of nitrogens with zero attached hydrogens (tertiary/aromatic N) is 2.